The van der Waals surface area contributed by atoms with Gasteiger partial charge in [-0.2, -0.15) is 0 Å². The number of ether oxygens (including phenoxy) is 1. The van der Waals surface area contributed by atoms with E-state index < -0.39 is 0 Å². The van der Waals surface area contributed by atoms with Crippen LogP contribution in [0.5, 0.6) is 5.75 Å². The number of anilines is 1. The zero-order valence-electron chi connectivity index (χ0n) is 21.5. The van der Waals surface area contributed by atoms with Crippen molar-refractivity contribution in [1.82, 2.24) is 20.0 Å². The van der Waals surface area contributed by atoms with Crippen LogP contribution in [0.25, 0.3) is 11.3 Å². The third kappa shape index (κ3) is 5.74. The Morgan fingerprint density at radius 2 is 1.81 bits per heavy atom. The minimum Gasteiger partial charge on any atom is -0.497 e. The Bertz CT molecular complexity index is 1260. The number of aryl methyl sites for hydroxylation is 1. The standard InChI is InChI=1S/C29H33N5O3/c1-21-7-3-4-10-25(21)29(36)34(23-11-12-23)20-28(35)33-16-6-15-32(17-18-33)27-14-13-26(30-31-27)22-8-5-9-24(19-22)37-2/h3-5,7-10,13-14,19,23H,6,11-12,15-18,20H2,1-2H3. The molecule has 2 aliphatic rings. The van der Waals surface area contributed by atoms with E-state index in [2.05, 4.69) is 15.1 Å². The third-order valence-electron chi connectivity index (χ3n) is 7.12. The van der Waals surface area contributed by atoms with E-state index in [1.54, 1.807) is 12.0 Å². The molecule has 8 nitrogen and oxygen atoms in total. The summed E-state index contributed by atoms with van der Waals surface area (Å²) in [5.74, 6) is 1.55. The average molecular weight is 500 g/mol. The van der Waals surface area contributed by atoms with Crippen LogP contribution in [0.3, 0.4) is 0 Å². The van der Waals surface area contributed by atoms with Gasteiger partial charge in [0, 0.05) is 43.3 Å². The second-order valence-corrected chi connectivity index (χ2v) is 9.71. The van der Waals surface area contributed by atoms with Crippen LogP contribution in [0.4, 0.5) is 5.82 Å². The van der Waals surface area contributed by atoms with E-state index in [9.17, 15) is 9.59 Å². The molecule has 1 aromatic heterocycles. The number of carbonyl (C=O) groups is 2. The molecule has 0 spiro atoms. The molecule has 0 unspecified atom stereocenters. The molecule has 1 saturated heterocycles. The van der Waals surface area contributed by atoms with Gasteiger partial charge in [-0.15, -0.1) is 10.2 Å². The van der Waals surface area contributed by atoms with Crippen LogP contribution in [0.1, 0.15) is 35.2 Å². The molecule has 2 heterocycles. The summed E-state index contributed by atoms with van der Waals surface area (Å²) in [4.78, 5) is 32.4. The molecule has 1 aliphatic heterocycles. The van der Waals surface area contributed by atoms with Crippen LogP contribution < -0.4 is 9.64 Å². The molecule has 2 aromatic carbocycles. The first kappa shape index (κ1) is 24.7. The Labute approximate surface area is 217 Å². The van der Waals surface area contributed by atoms with E-state index in [4.69, 9.17) is 4.74 Å². The van der Waals surface area contributed by atoms with Crippen molar-refractivity contribution in [3.8, 4) is 17.0 Å². The van der Waals surface area contributed by atoms with Crippen molar-refractivity contribution in [2.24, 2.45) is 0 Å². The maximum absolute atomic E-state index is 13.3. The zero-order chi connectivity index (χ0) is 25.8. The first-order valence-corrected chi connectivity index (χ1v) is 12.9. The van der Waals surface area contributed by atoms with E-state index in [-0.39, 0.29) is 24.4 Å². The number of amides is 2. The lowest BCUT2D eigenvalue weighted by molar-refractivity contribution is -0.131. The largest absolute Gasteiger partial charge is 0.497 e. The molecule has 2 amide bonds. The topological polar surface area (TPSA) is 78.9 Å². The summed E-state index contributed by atoms with van der Waals surface area (Å²) in [6.45, 7) is 4.80. The van der Waals surface area contributed by atoms with Crippen LogP contribution in [-0.2, 0) is 4.79 Å². The van der Waals surface area contributed by atoms with E-state index in [1.165, 1.54) is 0 Å². The van der Waals surface area contributed by atoms with Crippen LogP contribution >= 0.6 is 0 Å². The molecule has 5 rings (SSSR count). The van der Waals surface area contributed by atoms with Gasteiger partial charge in [-0.1, -0.05) is 30.3 Å². The summed E-state index contributed by atoms with van der Waals surface area (Å²) in [5.41, 5.74) is 3.36. The second-order valence-electron chi connectivity index (χ2n) is 9.71. The van der Waals surface area contributed by atoms with E-state index in [1.807, 2.05) is 72.5 Å². The smallest absolute Gasteiger partial charge is 0.254 e. The summed E-state index contributed by atoms with van der Waals surface area (Å²) in [6.07, 6.45) is 2.76. The Kier molecular flexibility index (Phi) is 7.35. The number of hydrogen-bond donors (Lipinski definition) is 0. The van der Waals surface area contributed by atoms with Crippen LogP contribution in [-0.4, -0.2) is 77.7 Å². The molecular formula is C29H33N5O3. The summed E-state index contributed by atoms with van der Waals surface area (Å²) in [6, 6.07) is 19.5. The van der Waals surface area contributed by atoms with Crippen LogP contribution in [0, 0.1) is 6.92 Å². The lowest BCUT2D eigenvalue weighted by Gasteiger charge is -2.27. The quantitative estimate of drug-likeness (QED) is 0.492. The van der Waals surface area contributed by atoms with Gasteiger partial charge in [0.15, 0.2) is 5.82 Å². The molecule has 0 bridgehead atoms. The van der Waals surface area contributed by atoms with E-state index in [0.717, 1.165) is 54.2 Å². The number of methoxy groups -OCH3 is 1. The number of hydrogen-bond acceptors (Lipinski definition) is 6. The molecular weight excluding hydrogens is 466 g/mol. The lowest BCUT2D eigenvalue weighted by Crippen LogP contribution is -2.45. The summed E-state index contributed by atoms with van der Waals surface area (Å²) in [7, 11) is 1.65. The van der Waals surface area contributed by atoms with Crippen molar-refractivity contribution in [2.45, 2.75) is 32.2 Å². The minimum atomic E-state index is -0.0446. The van der Waals surface area contributed by atoms with Crippen molar-refractivity contribution >= 4 is 17.6 Å². The minimum absolute atomic E-state index is 0.00939. The van der Waals surface area contributed by atoms with Crippen LogP contribution in [0.15, 0.2) is 60.7 Å². The highest BCUT2D eigenvalue weighted by Gasteiger charge is 2.35. The first-order chi connectivity index (χ1) is 18.0. The van der Waals surface area contributed by atoms with Gasteiger partial charge in [0.05, 0.1) is 12.8 Å². The highest BCUT2D eigenvalue weighted by Crippen LogP contribution is 2.29. The number of aromatic nitrogens is 2. The van der Waals surface area contributed by atoms with Gasteiger partial charge >= 0.3 is 0 Å². The maximum Gasteiger partial charge on any atom is 0.254 e. The van der Waals surface area contributed by atoms with E-state index >= 15 is 0 Å². The van der Waals surface area contributed by atoms with Gasteiger partial charge in [-0.3, -0.25) is 9.59 Å². The number of carbonyl (C=O) groups excluding carboxylic acids is 2. The monoisotopic (exact) mass is 499 g/mol. The molecule has 1 aliphatic carbocycles. The molecule has 0 radical (unpaired) electrons. The highest BCUT2D eigenvalue weighted by atomic mass is 16.5. The molecule has 2 fully saturated rings. The molecule has 1 saturated carbocycles. The SMILES string of the molecule is COc1cccc(-c2ccc(N3CCCN(C(=O)CN(C(=O)c4ccccc4C)C4CC4)CC3)nn2)c1. The molecule has 3 aromatic rings. The number of nitrogens with zero attached hydrogens (tertiary/aromatic N) is 5. The van der Waals surface area contributed by atoms with Crippen molar-refractivity contribution in [3.05, 3.63) is 71.8 Å². The summed E-state index contributed by atoms with van der Waals surface area (Å²) < 4.78 is 5.31. The van der Waals surface area contributed by atoms with Crippen molar-refractivity contribution in [1.29, 1.82) is 0 Å². The normalized spacial score (nSPS) is 15.7. The zero-order valence-corrected chi connectivity index (χ0v) is 21.5. The van der Waals surface area contributed by atoms with Crippen molar-refractivity contribution in [3.63, 3.8) is 0 Å². The predicted octanol–water partition coefficient (Wildman–Crippen LogP) is 3.80. The summed E-state index contributed by atoms with van der Waals surface area (Å²) >= 11 is 0. The van der Waals surface area contributed by atoms with Gasteiger partial charge in [-0.25, -0.2) is 0 Å². The average Bonchev–Trinajstić information content (AvgIpc) is 3.79. The second kappa shape index (κ2) is 11.0. The molecule has 8 heteroatoms. The van der Waals surface area contributed by atoms with Gasteiger partial charge in [0.25, 0.3) is 5.91 Å². The predicted molar refractivity (Wildman–Crippen MR) is 143 cm³/mol. The fourth-order valence-corrected chi connectivity index (χ4v) is 4.79. The van der Waals surface area contributed by atoms with Crippen LogP contribution in [0.2, 0.25) is 0 Å². The van der Waals surface area contributed by atoms with Gasteiger partial charge in [-0.05, 0) is 62.1 Å². The number of rotatable bonds is 7. The lowest BCUT2D eigenvalue weighted by atomic mass is 10.1. The fraction of sp³-hybridized carbons (Fsp3) is 0.379. The molecule has 37 heavy (non-hydrogen) atoms. The van der Waals surface area contributed by atoms with Crippen molar-refractivity contribution in [2.75, 3.05) is 44.7 Å². The van der Waals surface area contributed by atoms with Gasteiger partial charge in [0.1, 0.15) is 12.3 Å². The van der Waals surface area contributed by atoms with Crippen molar-refractivity contribution < 1.29 is 14.3 Å². The fourth-order valence-electron chi connectivity index (χ4n) is 4.79. The molecule has 0 atom stereocenters. The Hall–Kier alpha value is -3.94. The number of benzene rings is 2. The first-order valence-electron chi connectivity index (χ1n) is 12.9. The Balaban J connectivity index is 1.21. The Morgan fingerprint density at radius 1 is 0.973 bits per heavy atom. The van der Waals surface area contributed by atoms with E-state index in [0.29, 0.717) is 25.2 Å². The summed E-state index contributed by atoms with van der Waals surface area (Å²) in [5, 5.41) is 8.90. The molecule has 192 valence electrons. The third-order valence-corrected chi connectivity index (χ3v) is 7.12. The van der Waals surface area contributed by atoms with Gasteiger partial charge in [0.2, 0.25) is 5.91 Å². The van der Waals surface area contributed by atoms with Gasteiger partial charge < -0.3 is 19.4 Å². The Morgan fingerprint density at radius 3 is 2.54 bits per heavy atom. The molecule has 0 N–H and O–H groups in total. The maximum atomic E-state index is 13.3. The highest BCUT2D eigenvalue weighted by molar-refractivity contribution is 5.98.